The van der Waals surface area contributed by atoms with Crippen LogP contribution in [-0.2, 0) is 9.84 Å². The molecule has 0 radical (unpaired) electrons. The van der Waals surface area contributed by atoms with Crippen LogP contribution in [0.4, 0.5) is 0 Å². The van der Waals surface area contributed by atoms with Crippen LogP contribution >= 0.6 is 0 Å². The smallest absolute Gasteiger partial charge is 0.150 e. The summed E-state index contributed by atoms with van der Waals surface area (Å²) < 4.78 is 29.4. The van der Waals surface area contributed by atoms with Crippen molar-refractivity contribution in [3.8, 4) is 5.75 Å². The third-order valence-corrected chi connectivity index (χ3v) is 5.73. The summed E-state index contributed by atoms with van der Waals surface area (Å²) in [4.78, 5) is 0. The summed E-state index contributed by atoms with van der Waals surface area (Å²) in [5, 5.41) is 9.56. The van der Waals surface area contributed by atoms with Gasteiger partial charge in [0, 0.05) is 18.2 Å². The highest BCUT2D eigenvalue weighted by molar-refractivity contribution is 7.91. The van der Waals surface area contributed by atoms with Crippen LogP contribution < -0.4 is 4.74 Å². The first-order chi connectivity index (χ1) is 9.77. The molecular weight excluding hydrogens is 288 g/mol. The molecule has 0 amide bonds. The Balaban J connectivity index is 2.15. The summed E-state index contributed by atoms with van der Waals surface area (Å²) in [5.41, 5.74) is 1.83. The largest absolute Gasteiger partial charge is 0.490 e. The highest BCUT2D eigenvalue weighted by Crippen LogP contribution is 2.31. The van der Waals surface area contributed by atoms with E-state index in [1.54, 1.807) is 6.92 Å². The number of aliphatic hydroxyl groups is 1. The maximum absolute atomic E-state index is 11.7. The van der Waals surface area contributed by atoms with Gasteiger partial charge in [-0.1, -0.05) is 11.6 Å². The lowest BCUT2D eigenvalue weighted by molar-refractivity contribution is 0.143. The van der Waals surface area contributed by atoms with Crippen LogP contribution in [0.1, 0.15) is 49.8 Å². The van der Waals surface area contributed by atoms with Gasteiger partial charge >= 0.3 is 0 Å². The Hall–Kier alpha value is -1.07. The Morgan fingerprint density at radius 2 is 2.05 bits per heavy atom. The minimum Gasteiger partial charge on any atom is -0.490 e. The molecule has 0 heterocycles. The molecule has 0 saturated heterocycles. The van der Waals surface area contributed by atoms with Gasteiger partial charge in [-0.25, -0.2) is 8.42 Å². The Morgan fingerprint density at radius 1 is 1.33 bits per heavy atom. The standard InChI is InChI=1S/C16H24O4S/c1-11-7-8-16(15(9-11)12(2)17)20-13-5-4-6-14(10-13)21(3,18)19/h7-9,12-14,17H,4-6,10H2,1-3H3/t12-,13?,14?/m0/s1. The van der Waals surface area contributed by atoms with Gasteiger partial charge in [-0.3, -0.25) is 0 Å². The first-order valence-corrected chi connectivity index (χ1v) is 9.37. The van der Waals surface area contributed by atoms with Gasteiger partial charge in [-0.15, -0.1) is 0 Å². The van der Waals surface area contributed by atoms with E-state index in [1.165, 1.54) is 6.26 Å². The highest BCUT2D eigenvalue weighted by atomic mass is 32.2. The summed E-state index contributed by atoms with van der Waals surface area (Å²) in [6, 6.07) is 5.72. The number of rotatable bonds is 4. The van der Waals surface area contributed by atoms with E-state index in [2.05, 4.69) is 0 Å². The fourth-order valence-corrected chi connectivity index (χ4v) is 4.04. The molecule has 1 fully saturated rings. The van der Waals surface area contributed by atoms with Gasteiger partial charge in [-0.2, -0.15) is 0 Å². The van der Waals surface area contributed by atoms with Gasteiger partial charge in [0.25, 0.3) is 0 Å². The van der Waals surface area contributed by atoms with Gasteiger partial charge in [0.15, 0.2) is 0 Å². The predicted molar refractivity (Wildman–Crippen MR) is 83.3 cm³/mol. The SMILES string of the molecule is Cc1ccc(OC2CCCC(S(C)(=O)=O)C2)c([C@H](C)O)c1. The number of aliphatic hydroxyl groups excluding tert-OH is 1. The average Bonchev–Trinajstić information content (AvgIpc) is 2.40. The Bertz CT molecular complexity index is 592. The molecule has 1 aromatic rings. The molecule has 2 unspecified atom stereocenters. The fraction of sp³-hybridized carbons (Fsp3) is 0.625. The molecule has 5 heteroatoms. The molecule has 1 aromatic carbocycles. The first kappa shape index (κ1) is 16.3. The van der Waals surface area contributed by atoms with Crippen LogP contribution in [0.2, 0.25) is 0 Å². The van der Waals surface area contributed by atoms with Crippen molar-refractivity contribution in [3.63, 3.8) is 0 Å². The van der Waals surface area contributed by atoms with E-state index in [1.807, 2.05) is 25.1 Å². The summed E-state index contributed by atoms with van der Waals surface area (Å²) in [7, 11) is -3.01. The zero-order valence-electron chi connectivity index (χ0n) is 12.9. The molecule has 1 aliphatic carbocycles. The van der Waals surface area contributed by atoms with Crippen molar-refractivity contribution in [2.75, 3.05) is 6.26 Å². The van der Waals surface area contributed by atoms with Crippen LogP contribution in [-0.4, -0.2) is 31.1 Å². The third-order valence-electron chi connectivity index (χ3n) is 4.09. The second-order valence-electron chi connectivity index (χ2n) is 6.08. The van der Waals surface area contributed by atoms with E-state index in [0.717, 1.165) is 30.4 Å². The number of aryl methyl sites for hydroxylation is 1. The van der Waals surface area contributed by atoms with Crippen LogP contribution in [0.3, 0.4) is 0 Å². The van der Waals surface area contributed by atoms with E-state index in [9.17, 15) is 13.5 Å². The Labute approximate surface area is 127 Å². The highest BCUT2D eigenvalue weighted by Gasteiger charge is 2.30. The topological polar surface area (TPSA) is 63.6 Å². The van der Waals surface area contributed by atoms with Crippen LogP contribution in [0.15, 0.2) is 18.2 Å². The number of sulfone groups is 1. The number of hydrogen-bond acceptors (Lipinski definition) is 4. The van der Waals surface area contributed by atoms with E-state index in [0.29, 0.717) is 12.2 Å². The minimum atomic E-state index is -3.01. The molecule has 0 aliphatic heterocycles. The van der Waals surface area contributed by atoms with E-state index in [-0.39, 0.29) is 11.4 Å². The second kappa shape index (κ2) is 6.36. The summed E-state index contributed by atoms with van der Waals surface area (Å²) in [6.45, 7) is 3.68. The van der Waals surface area contributed by atoms with Gasteiger partial charge < -0.3 is 9.84 Å². The third kappa shape index (κ3) is 4.20. The zero-order chi connectivity index (χ0) is 15.6. The predicted octanol–water partition coefficient (Wildman–Crippen LogP) is 2.78. The molecule has 21 heavy (non-hydrogen) atoms. The van der Waals surface area contributed by atoms with Gasteiger partial charge in [-0.05, 0) is 45.2 Å². The Kier molecular flexibility index (Phi) is 4.94. The molecule has 0 aromatic heterocycles. The summed E-state index contributed by atoms with van der Waals surface area (Å²) in [6.07, 6.45) is 3.57. The van der Waals surface area contributed by atoms with E-state index in [4.69, 9.17) is 4.74 Å². The van der Waals surface area contributed by atoms with Crippen molar-refractivity contribution in [2.45, 2.75) is 57.0 Å². The monoisotopic (exact) mass is 312 g/mol. The first-order valence-electron chi connectivity index (χ1n) is 7.41. The molecular formula is C16H24O4S. The zero-order valence-corrected chi connectivity index (χ0v) is 13.7. The molecule has 118 valence electrons. The normalized spacial score (nSPS) is 24.6. The van der Waals surface area contributed by atoms with Crippen molar-refractivity contribution in [1.29, 1.82) is 0 Å². The number of hydrogen-bond donors (Lipinski definition) is 1. The van der Waals surface area contributed by atoms with Gasteiger partial charge in [0.1, 0.15) is 15.6 Å². The number of benzene rings is 1. The van der Waals surface area contributed by atoms with Crippen LogP contribution in [0.5, 0.6) is 5.75 Å². The molecule has 2 rings (SSSR count). The van der Waals surface area contributed by atoms with Crippen molar-refractivity contribution >= 4 is 9.84 Å². The molecule has 0 spiro atoms. The van der Waals surface area contributed by atoms with Gasteiger partial charge in [0.2, 0.25) is 0 Å². The van der Waals surface area contributed by atoms with E-state index >= 15 is 0 Å². The maximum atomic E-state index is 11.7. The average molecular weight is 312 g/mol. The molecule has 1 saturated carbocycles. The van der Waals surface area contributed by atoms with Crippen molar-refractivity contribution in [3.05, 3.63) is 29.3 Å². The van der Waals surface area contributed by atoms with Crippen LogP contribution in [0, 0.1) is 6.92 Å². The molecule has 4 nitrogen and oxygen atoms in total. The maximum Gasteiger partial charge on any atom is 0.150 e. The lowest BCUT2D eigenvalue weighted by atomic mass is 9.97. The van der Waals surface area contributed by atoms with E-state index < -0.39 is 15.9 Å². The van der Waals surface area contributed by atoms with Crippen molar-refractivity contribution in [1.82, 2.24) is 0 Å². The summed E-state index contributed by atoms with van der Waals surface area (Å²) >= 11 is 0. The fourth-order valence-electron chi connectivity index (χ4n) is 2.88. The van der Waals surface area contributed by atoms with Gasteiger partial charge in [0.05, 0.1) is 17.5 Å². The minimum absolute atomic E-state index is 0.0984. The van der Waals surface area contributed by atoms with Crippen LogP contribution in [0.25, 0.3) is 0 Å². The lowest BCUT2D eigenvalue weighted by Gasteiger charge is -2.29. The molecule has 1 N–H and O–H groups in total. The Morgan fingerprint density at radius 3 is 2.67 bits per heavy atom. The lowest BCUT2D eigenvalue weighted by Crippen LogP contribution is -2.33. The number of ether oxygens (including phenoxy) is 1. The molecule has 0 bridgehead atoms. The second-order valence-corrected chi connectivity index (χ2v) is 8.40. The quantitative estimate of drug-likeness (QED) is 0.928. The summed E-state index contributed by atoms with van der Waals surface area (Å²) in [5.74, 6) is 0.662. The van der Waals surface area contributed by atoms with Crippen molar-refractivity contribution < 1.29 is 18.3 Å². The molecule has 3 atom stereocenters. The van der Waals surface area contributed by atoms with Crippen molar-refractivity contribution in [2.24, 2.45) is 0 Å². The molecule has 1 aliphatic rings.